The molecule has 2 aliphatic rings. The Kier molecular flexibility index (Phi) is 2.11. The van der Waals surface area contributed by atoms with Crippen LogP contribution in [0.4, 0.5) is 5.69 Å². The Bertz CT molecular complexity index is 466. The molecule has 5 nitrogen and oxygen atoms in total. The van der Waals surface area contributed by atoms with E-state index in [1.807, 2.05) is 24.3 Å². The summed E-state index contributed by atoms with van der Waals surface area (Å²) >= 11 is 0. The number of carbonyl (C=O) groups is 1. The lowest BCUT2D eigenvalue weighted by atomic mass is 10.1. The van der Waals surface area contributed by atoms with Gasteiger partial charge in [-0.05, 0) is 6.07 Å². The monoisotopic (exact) mass is 218 g/mol. The van der Waals surface area contributed by atoms with E-state index in [0.29, 0.717) is 18.9 Å². The molecule has 0 aromatic heterocycles. The van der Waals surface area contributed by atoms with E-state index in [4.69, 9.17) is 9.57 Å². The van der Waals surface area contributed by atoms with E-state index >= 15 is 0 Å². The van der Waals surface area contributed by atoms with E-state index < -0.39 is 0 Å². The topological polar surface area (TPSA) is 63.2 Å². The number of amides is 1. The van der Waals surface area contributed by atoms with Crippen LogP contribution in [0.3, 0.4) is 0 Å². The van der Waals surface area contributed by atoms with Crippen molar-refractivity contribution in [1.82, 2.24) is 0 Å². The second kappa shape index (κ2) is 3.61. The van der Waals surface area contributed by atoms with Crippen LogP contribution in [0.15, 0.2) is 29.4 Å². The van der Waals surface area contributed by atoms with Crippen molar-refractivity contribution < 1.29 is 14.4 Å². The van der Waals surface area contributed by atoms with Crippen molar-refractivity contribution in [3.63, 3.8) is 0 Å². The van der Waals surface area contributed by atoms with E-state index in [-0.39, 0.29) is 12.0 Å². The molecule has 0 spiro atoms. The highest BCUT2D eigenvalue weighted by molar-refractivity contribution is 6.53. The number of epoxide rings is 1. The number of ether oxygens (including phenoxy) is 1. The Morgan fingerprint density at radius 3 is 3.12 bits per heavy atom. The summed E-state index contributed by atoms with van der Waals surface area (Å²) < 4.78 is 4.97. The molecule has 5 heteroatoms. The molecule has 82 valence electrons. The number of fused-ring (bicyclic) bond motifs is 1. The van der Waals surface area contributed by atoms with Crippen molar-refractivity contribution in [3.8, 4) is 0 Å². The minimum absolute atomic E-state index is 0.143. The highest BCUT2D eigenvalue weighted by Gasteiger charge is 2.27. The highest BCUT2D eigenvalue weighted by Crippen LogP contribution is 2.22. The van der Waals surface area contributed by atoms with Crippen molar-refractivity contribution >= 4 is 17.3 Å². The molecule has 0 bridgehead atoms. The van der Waals surface area contributed by atoms with Gasteiger partial charge >= 0.3 is 0 Å². The quantitative estimate of drug-likeness (QED) is 0.601. The minimum atomic E-state index is -0.224. The highest BCUT2D eigenvalue weighted by atomic mass is 16.7. The molecular weight excluding hydrogens is 208 g/mol. The van der Waals surface area contributed by atoms with Crippen LogP contribution in [0, 0.1) is 0 Å². The summed E-state index contributed by atoms with van der Waals surface area (Å²) in [6.07, 6.45) is 0.143. The Balaban J connectivity index is 1.80. The molecule has 0 aliphatic carbocycles. The summed E-state index contributed by atoms with van der Waals surface area (Å²) in [4.78, 5) is 16.6. The largest absolute Gasteiger partial charge is 0.392 e. The number of hydrogen-bond acceptors (Lipinski definition) is 4. The third kappa shape index (κ3) is 1.65. The van der Waals surface area contributed by atoms with Crippen molar-refractivity contribution in [2.45, 2.75) is 6.10 Å². The molecule has 1 N–H and O–H groups in total. The Morgan fingerprint density at radius 2 is 2.31 bits per heavy atom. The van der Waals surface area contributed by atoms with Gasteiger partial charge in [-0.15, -0.1) is 0 Å². The molecule has 16 heavy (non-hydrogen) atoms. The first-order chi connectivity index (χ1) is 7.84. The fourth-order valence-electron chi connectivity index (χ4n) is 1.54. The molecular formula is C11H10N2O3. The normalized spacial score (nSPS) is 24.1. The van der Waals surface area contributed by atoms with Crippen LogP contribution < -0.4 is 5.32 Å². The van der Waals surface area contributed by atoms with Crippen molar-refractivity contribution in [1.29, 1.82) is 0 Å². The maximum absolute atomic E-state index is 11.6. The summed E-state index contributed by atoms with van der Waals surface area (Å²) in [5, 5.41) is 6.57. The molecule has 1 amide bonds. The second-order valence-electron chi connectivity index (χ2n) is 3.69. The van der Waals surface area contributed by atoms with Gasteiger partial charge in [0.15, 0.2) is 5.71 Å². The average molecular weight is 218 g/mol. The summed E-state index contributed by atoms with van der Waals surface area (Å²) in [6.45, 7) is 1.12. The molecule has 2 aliphatic heterocycles. The minimum Gasteiger partial charge on any atom is -0.392 e. The van der Waals surface area contributed by atoms with Crippen LogP contribution in [0.1, 0.15) is 5.56 Å². The van der Waals surface area contributed by atoms with E-state index in [9.17, 15) is 4.79 Å². The number of nitrogens with zero attached hydrogens (tertiary/aromatic N) is 1. The Hall–Kier alpha value is -1.88. The standard InChI is InChI=1S/C11H10N2O3/c14-11-10(13-16-6-7-5-15-7)8-3-1-2-4-9(8)12-11/h1-4,7H,5-6H2,(H,12,13,14). The lowest BCUT2D eigenvalue weighted by Gasteiger charge is -1.97. The maximum atomic E-state index is 11.6. The molecule has 0 radical (unpaired) electrons. The molecule has 0 saturated carbocycles. The van der Waals surface area contributed by atoms with E-state index in [2.05, 4.69) is 10.5 Å². The lowest BCUT2D eigenvalue weighted by Crippen LogP contribution is -2.15. The zero-order chi connectivity index (χ0) is 11.0. The summed E-state index contributed by atoms with van der Waals surface area (Å²) in [5.41, 5.74) is 1.89. The van der Waals surface area contributed by atoms with Gasteiger partial charge in [-0.3, -0.25) is 4.79 Å². The number of benzene rings is 1. The van der Waals surface area contributed by atoms with Gasteiger partial charge in [0.2, 0.25) is 0 Å². The number of carbonyl (C=O) groups excluding carboxylic acids is 1. The summed E-state index contributed by atoms with van der Waals surface area (Å²) in [5.74, 6) is -0.224. The summed E-state index contributed by atoms with van der Waals surface area (Å²) in [6, 6.07) is 7.39. The van der Waals surface area contributed by atoms with E-state index in [1.54, 1.807) is 0 Å². The van der Waals surface area contributed by atoms with Gasteiger partial charge in [0.05, 0.1) is 12.3 Å². The Morgan fingerprint density at radius 1 is 1.50 bits per heavy atom. The summed E-state index contributed by atoms with van der Waals surface area (Å²) in [7, 11) is 0. The van der Waals surface area contributed by atoms with Crippen LogP contribution in [-0.4, -0.2) is 30.9 Å². The van der Waals surface area contributed by atoms with Crippen LogP contribution in [0.25, 0.3) is 0 Å². The van der Waals surface area contributed by atoms with Gasteiger partial charge in [0.25, 0.3) is 5.91 Å². The first-order valence-corrected chi connectivity index (χ1v) is 5.07. The molecule has 3 rings (SSSR count). The number of hydrogen-bond donors (Lipinski definition) is 1. The molecule has 1 fully saturated rings. The molecule has 1 unspecified atom stereocenters. The van der Waals surface area contributed by atoms with Gasteiger partial charge < -0.3 is 14.9 Å². The number of rotatable bonds is 3. The van der Waals surface area contributed by atoms with Crippen LogP contribution >= 0.6 is 0 Å². The van der Waals surface area contributed by atoms with Crippen LogP contribution in [-0.2, 0) is 14.4 Å². The molecule has 1 saturated heterocycles. The first kappa shape index (κ1) is 9.35. The molecule has 1 aromatic rings. The molecule has 1 aromatic carbocycles. The lowest BCUT2D eigenvalue weighted by molar-refractivity contribution is -0.110. The van der Waals surface area contributed by atoms with Gasteiger partial charge in [-0.1, -0.05) is 23.4 Å². The molecule has 1 atom stereocenters. The van der Waals surface area contributed by atoms with Gasteiger partial charge in [-0.2, -0.15) is 0 Å². The fourth-order valence-corrected chi connectivity index (χ4v) is 1.54. The first-order valence-electron chi connectivity index (χ1n) is 5.07. The van der Waals surface area contributed by atoms with Gasteiger partial charge in [0.1, 0.15) is 12.7 Å². The smallest absolute Gasteiger partial charge is 0.278 e. The van der Waals surface area contributed by atoms with Gasteiger partial charge in [-0.25, -0.2) is 0 Å². The fraction of sp³-hybridized carbons (Fsp3) is 0.273. The maximum Gasteiger partial charge on any atom is 0.278 e. The zero-order valence-corrected chi connectivity index (χ0v) is 8.47. The van der Waals surface area contributed by atoms with E-state index in [1.165, 1.54) is 0 Å². The second-order valence-corrected chi connectivity index (χ2v) is 3.69. The van der Waals surface area contributed by atoms with Crippen molar-refractivity contribution in [2.75, 3.05) is 18.5 Å². The zero-order valence-electron chi connectivity index (χ0n) is 8.47. The Labute approximate surface area is 92.0 Å². The predicted octanol–water partition coefficient (Wildman–Crippen LogP) is 0.758. The van der Waals surface area contributed by atoms with Crippen molar-refractivity contribution in [2.24, 2.45) is 5.16 Å². The third-order valence-corrected chi connectivity index (χ3v) is 2.46. The number of para-hydroxylation sites is 1. The average Bonchev–Trinajstić information content (AvgIpc) is 3.04. The molecule has 2 heterocycles. The predicted molar refractivity (Wildman–Crippen MR) is 57.3 cm³/mol. The van der Waals surface area contributed by atoms with Crippen LogP contribution in [0.2, 0.25) is 0 Å². The van der Waals surface area contributed by atoms with Crippen LogP contribution in [0.5, 0.6) is 0 Å². The number of oxime groups is 1. The third-order valence-electron chi connectivity index (χ3n) is 2.46. The van der Waals surface area contributed by atoms with E-state index in [0.717, 1.165) is 11.3 Å². The number of nitrogens with one attached hydrogen (secondary N) is 1. The van der Waals surface area contributed by atoms with Gasteiger partial charge in [0, 0.05) is 5.56 Å². The number of anilines is 1. The van der Waals surface area contributed by atoms with Crippen molar-refractivity contribution in [3.05, 3.63) is 29.8 Å². The SMILES string of the molecule is O=C1Nc2ccccc2/C1=N\OCC1CO1.